The van der Waals surface area contributed by atoms with Crippen molar-refractivity contribution in [2.45, 2.75) is 6.04 Å². The monoisotopic (exact) mass is 408 g/mol. The van der Waals surface area contributed by atoms with Gasteiger partial charge < -0.3 is 15.5 Å². The van der Waals surface area contributed by atoms with Crippen molar-refractivity contribution in [3.05, 3.63) is 52.2 Å². The number of hydrogen-bond acceptors (Lipinski definition) is 5. The Morgan fingerprint density at radius 2 is 1.89 bits per heavy atom. The fourth-order valence-electron chi connectivity index (χ4n) is 3.10. The quantitative estimate of drug-likeness (QED) is 0.744. The van der Waals surface area contributed by atoms with Crippen molar-refractivity contribution >= 4 is 28.8 Å². The third-order valence-electron chi connectivity index (χ3n) is 4.75. The molecule has 0 aliphatic carbocycles. The van der Waals surface area contributed by atoms with Gasteiger partial charge in [-0.2, -0.15) is 11.3 Å². The van der Waals surface area contributed by atoms with Gasteiger partial charge in [-0.1, -0.05) is 0 Å². The van der Waals surface area contributed by atoms with Gasteiger partial charge >= 0.3 is 11.8 Å². The van der Waals surface area contributed by atoms with Crippen LogP contribution in [0, 0.1) is 11.6 Å². The normalized spacial score (nSPS) is 16.5. The number of thiophene rings is 1. The Bertz CT molecular complexity index is 823. The molecule has 3 rings (SSSR count). The molecular formula is C19H22F2N4O2S. The maximum Gasteiger partial charge on any atom is 0.313 e. The molecule has 1 aliphatic heterocycles. The number of anilines is 1. The molecule has 150 valence electrons. The van der Waals surface area contributed by atoms with Crippen LogP contribution in [0.15, 0.2) is 35.0 Å². The molecule has 2 N–H and O–H groups in total. The largest absolute Gasteiger partial charge is 0.346 e. The molecule has 1 fully saturated rings. The Morgan fingerprint density at radius 3 is 2.54 bits per heavy atom. The number of nitrogens with one attached hydrogen (secondary N) is 2. The lowest BCUT2D eigenvalue weighted by atomic mass is 10.1. The van der Waals surface area contributed by atoms with Crippen molar-refractivity contribution in [2.24, 2.45) is 0 Å². The van der Waals surface area contributed by atoms with E-state index in [4.69, 9.17) is 0 Å². The molecule has 0 radical (unpaired) electrons. The molecule has 2 heterocycles. The van der Waals surface area contributed by atoms with E-state index in [1.54, 1.807) is 11.3 Å². The summed E-state index contributed by atoms with van der Waals surface area (Å²) in [6, 6.07) is 4.70. The Labute approximate surface area is 166 Å². The van der Waals surface area contributed by atoms with Crippen LogP contribution in [-0.2, 0) is 9.59 Å². The second-order valence-corrected chi connectivity index (χ2v) is 7.48. The maximum atomic E-state index is 13.7. The first-order chi connectivity index (χ1) is 13.4. The van der Waals surface area contributed by atoms with Gasteiger partial charge in [0.05, 0.1) is 11.7 Å². The minimum atomic E-state index is -0.993. The first kappa shape index (κ1) is 20.4. The molecule has 1 aromatic heterocycles. The van der Waals surface area contributed by atoms with E-state index in [0.29, 0.717) is 6.07 Å². The van der Waals surface area contributed by atoms with Gasteiger partial charge in [-0.3, -0.25) is 14.5 Å². The summed E-state index contributed by atoms with van der Waals surface area (Å²) >= 11 is 1.58. The number of halogens is 2. The highest BCUT2D eigenvalue weighted by Gasteiger charge is 2.26. The molecule has 0 spiro atoms. The molecule has 1 atom stereocenters. The van der Waals surface area contributed by atoms with Crippen molar-refractivity contribution in [2.75, 3.05) is 45.1 Å². The first-order valence-corrected chi connectivity index (χ1v) is 9.87. The van der Waals surface area contributed by atoms with Gasteiger partial charge in [0.2, 0.25) is 0 Å². The lowest BCUT2D eigenvalue weighted by molar-refractivity contribution is -0.136. The summed E-state index contributed by atoms with van der Waals surface area (Å²) in [5.74, 6) is -3.55. The zero-order valence-corrected chi connectivity index (χ0v) is 16.3. The predicted octanol–water partition coefficient (Wildman–Crippen LogP) is 2.07. The molecule has 1 unspecified atom stereocenters. The molecule has 1 aliphatic rings. The average Bonchev–Trinajstić information content (AvgIpc) is 3.19. The van der Waals surface area contributed by atoms with Gasteiger partial charge in [-0.15, -0.1) is 0 Å². The summed E-state index contributed by atoms with van der Waals surface area (Å²) in [5, 5.41) is 8.81. The Kier molecular flexibility index (Phi) is 6.71. The van der Waals surface area contributed by atoms with Crippen molar-refractivity contribution in [1.82, 2.24) is 15.1 Å². The van der Waals surface area contributed by atoms with E-state index in [1.165, 1.54) is 0 Å². The number of benzene rings is 1. The average molecular weight is 408 g/mol. The maximum absolute atomic E-state index is 13.7. The van der Waals surface area contributed by atoms with Crippen LogP contribution in [-0.4, -0.2) is 61.4 Å². The third kappa shape index (κ3) is 5.12. The molecule has 0 saturated carbocycles. The third-order valence-corrected chi connectivity index (χ3v) is 5.45. The van der Waals surface area contributed by atoms with Crippen molar-refractivity contribution in [1.29, 1.82) is 0 Å². The number of carbonyl (C=O) groups is 2. The number of nitrogens with zero attached hydrogens (tertiary/aromatic N) is 2. The van der Waals surface area contributed by atoms with Crippen LogP contribution in [0.5, 0.6) is 0 Å². The van der Waals surface area contributed by atoms with Crippen molar-refractivity contribution in [3.8, 4) is 0 Å². The van der Waals surface area contributed by atoms with Crippen LogP contribution in [0.2, 0.25) is 0 Å². The lowest BCUT2D eigenvalue weighted by Gasteiger charge is -2.37. The van der Waals surface area contributed by atoms with E-state index in [0.717, 1.165) is 43.9 Å². The van der Waals surface area contributed by atoms with E-state index in [-0.39, 0.29) is 18.3 Å². The molecule has 2 aromatic rings. The standard InChI is InChI=1S/C19H22F2N4O2S/c1-24-5-7-25(8-6-24)17(13-4-9-28-12-13)11-22-18(26)19(27)23-16-3-2-14(20)10-15(16)21/h2-4,9-10,12,17H,5-8,11H2,1H3,(H,22,26)(H,23,27). The number of carbonyl (C=O) groups excluding carboxylic acids is 2. The summed E-state index contributed by atoms with van der Waals surface area (Å²) in [7, 11) is 2.07. The topological polar surface area (TPSA) is 64.7 Å². The summed E-state index contributed by atoms with van der Waals surface area (Å²) in [5.41, 5.74) is 0.842. The summed E-state index contributed by atoms with van der Waals surface area (Å²) in [6.45, 7) is 3.84. The molecule has 0 bridgehead atoms. The highest BCUT2D eigenvalue weighted by Crippen LogP contribution is 2.23. The van der Waals surface area contributed by atoms with Gasteiger partial charge in [-0.25, -0.2) is 8.78 Å². The smallest absolute Gasteiger partial charge is 0.313 e. The van der Waals surface area contributed by atoms with Crippen LogP contribution >= 0.6 is 11.3 Å². The molecular weight excluding hydrogens is 386 g/mol. The Morgan fingerprint density at radius 1 is 1.14 bits per heavy atom. The van der Waals surface area contributed by atoms with Crippen molar-refractivity contribution < 1.29 is 18.4 Å². The van der Waals surface area contributed by atoms with Crippen LogP contribution < -0.4 is 10.6 Å². The Balaban J connectivity index is 1.60. The second-order valence-electron chi connectivity index (χ2n) is 6.70. The van der Waals surface area contributed by atoms with Crippen molar-refractivity contribution in [3.63, 3.8) is 0 Å². The van der Waals surface area contributed by atoms with Gasteiger partial charge in [0.15, 0.2) is 0 Å². The SMILES string of the molecule is CN1CCN(C(CNC(=O)C(=O)Nc2ccc(F)cc2F)c2ccsc2)CC1. The van der Waals surface area contributed by atoms with E-state index < -0.39 is 23.4 Å². The van der Waals surface area contributed by atoms with Gasteiger partial charge in [0.1, 0.15) is 11.6 Å². The van der Waals surface area contributed by atoms with Crippen LogP contribution in [0.1, 0.15) is 11.6 Å². The Hall–Kier alpha value is -2.36. The fraction of sp³-hybridized carbons (Fsp3) is 0.368. The minimum Gasteiger partial charge on any atom is -0.346 e. The number of rotatable bonds is 5. The molecule has 9 heteroatoms. The highest BCUT2D eigenvalue weighted by atomic mass is 32.1. The summed E-state index contributed by atoms with van der Waals surface area (Å²) in [6.07, 6.45) is 0. The molecule has 1 saturated heterocycles. The van der Waals surface area contributed by atoms with Gasteiger partial charge in [0, 0.05) is 38.8 Å². The van der Waals surface area contributed by atoms with Gasteiger partial charge in [-0.05, 0) is 41.6 Å². The van der Waals surface area contributed by atoms with Crippen LogP contribution in [0.25, 0.3) is 0 Å². The van der Waals surface area contributed by atoms with Crippen LogP contribution in [0.3, 0.4) is 0 Å². The summed E-state index contributed by atoms with van der Waals surface area (Å²) < 4.78 is 26.6. The predicted molar refractivity (Wildman–Crippen MR) is 104 cm³/mol. The van der Waals surface area contributed by atoms with E-state index >= 15 is 0 Å². The lowest BCUT2D eigenvalue weighted by Crippen LogP contribution is -2.49. The number of hydrogen-bond donors (Lipinski definition) is 2. The number of likely N-dealkylation sites (N-methyl/N-ethyl adjacent to an activating group) is 1. The van der Waals surface area contributed by atoms with E-state index in [9.17, 15) is 18.4 Å². The fourth-order valence-corrected chi connectivity index (χ4v) is 3.80. The van der Waals surface area contributed by atoms with E-state index in [1.807, 2.05) is 16.8 Å². The molecule has 6 nitrogen and oxygen atoms in total. The van der Waals surface area contributed by atoms with E-state index in [2.05, 4.69) is 27.5 Å². The molecule has 1 aromatic carbocycles. The minimum absolute atomic E-state index is 0.0424. The zero-order valence-electron chi connectivity index (χ0n) is 15.5. The summed E-state index contributed by atoms with van der Waals surface area (Å²) in [4.78, 5) is 28.8. The van der Waals surface area contributed by atoms with Gasteiger partial charge in [0.25, 0.3) is 0 Å². The highest BCUT2D eigenvalue weighted by molar-refractivity contribution is 7.08. The number of piperazine rings is 1. The zero-order chi connectivity index (χ0) is 20.1. The first-order valence-electron chi connectivity index (χ1n) is 8.93. The number of amides is 2. The molecule has 28 heavy (non-hydrogen) atoms. The second kappa shape index (κ2) is 9.22. The van der Waals surface area contributed by atoms with Crippen LogP contribution in [0.4, 0.5) is 14.5 Å². The molecule has 2 amide bonds.